The molecule has 2 heterocycles. The average Bonchev–Trinajstić information content (AvgIpc) is 2.68. The van der Waals surface area contributed by atoms with Gasteiger partial charge in [0.1, 0.15) is 12.4 Å². The molecule has 0 spiro atoms. The number of rotatable bonds is 3. The van der Waals surface area contributed by atoms with Crippen LogP contribution in [0.15, 0.2) is 0 Å². The van der Waals surface area contributed by atoms with Crippen molar-refractivity contribution in [2.45, 2.75) is 39.3 Å². The minimum absolute atomic E-state index is 0.0330. The van der Waals surface area contributed by atoms with Crippen LogP contribution < -0.4 is 10.6 Å². The van der Waals surface area contributed by atoms with Crippen LogP contribution in [-0.4, -0.2) is 29.1 Å². The van der Waals surface area contributed by atoms with Crippen molar-refractivity contribution in [2.75, 3.05) is 13.6 Å². The number of fused-ring (bicyclic) bond motifs is 1. The van der Waals surface area contributed by atoms with E-state index in [1.165, 1.54) is 5.69 Å². The lowest BCUT2D eigenvalue weighted by atomic mass is 10.2. The molecule has 0 radical (unpaired) electrons. The fraction of sp³-hybridized carbons (Fsp3) is 0.667. The molecule has 0 bridgehead atoms. The Morgan fingerprint density at radius 1 is 1.59 bits per heavy atom. The zero-order valence-corrected chi connectivity index (χ0v) is 10.7. The van der Waals surface area contributed by atoms with Crippen LogP contribution in [-0.2, 0) is 24.3 Å². The molecule has 1 aliphatic heterocycles. The third kappa shape index (κ3) is 2.34. The fourth-order valence-corrected chi connectivity index (χ4v) is 2.23. The number of hydrogen-bond acceptors (Lipinski definition) is 3. The second-order valence-corrected chi connectivity index (χ2v) is 4.70. The quantitative estimate of drug-likeness (QED) is 0.798. The largest absolute Gasteiger partial charge is 0.358 e. The summed E-state index contributed by atoms with van der Waals surface area (Å²) in [5.74, 6) is 1.39. The van der Waals surface area contributed by atoms with Crippen LogP contribution in [0.5, 0.6) is 0 Å². The molecule has 5 nitrogen and oxygen atoms in total. The third-order valence-corrected chi connectivity index (χ3v) is 3.11. The summed E-state index contributed by atoms with van der Waals surface area (Å²) in [6.07, 6.45) is 0.950. The fourth-order valence-electron chi connectivity index (χ4n) is 2.23. The highest BCUT2D eigenvalue weighted by Crippen LogP contribution is 2.21. The average molecular weight is 236 g/mol. The molecule has 2 rings (SSSR count). The standard InChI is InChI=1S/C12H20N4O/c1-8(2)12-15-9-6-14-5-4-10(9)16(12)7-11(17)13-3/h8,14H,4-7H2,1-3H3,(H,13,17). The minimum Gasteiger partial charge on any atom is -0.358 e. The number of likely N-dealkylation sites (N-methyl/N-ethyl adjacent to an activating group) is 1. The van der Waals surface area contributed by atoms with Gasteiger partial charge in [-0.1, -0.05) is 13.8 Å². The molecular weight excluding hydrogens is 216 g/mol. The number of imidazole rings is 1. The lowest BCUT2D eigenvalue weighted by Gasteiger charge is -2.16. The Morgan fingerprint density at radius 3 is 3.00 bits per heavy atom. The van der Waals surface area contributed by atoms with Crippen LogP contribution >= 0.6 is 0 Å². The van der Waals surface area contributed by atoms with Crippen molar-refractivity contribution in [3.63, 3.8) is 0 Å². The number of nitrogens with one attached hydrogen (secondary N) is 2. The maximum Gasteiger partial charge on any atom is 0.239 e. The summed E-state index contributed by atoms with van der Waals surface area (Å²) in [6.45, 7) is 6.38. The van der Waals surface area contributed by atoms with Crippen LogP contribution in [0.25, 0.3) is 0 Å². The van der Waals surface area contributed by atoms with Crippen molar-refractivity contribution in [1.82, 2.24) is 20.2 Å². The van der Waals surface area contributed by atoms with Gasteiger partial charge < -0.3 is 15.2 Å². The number of nitrogens with zero attached hydrogens (tertiary/aromatic N) is 2. The van der Waals surface area contributed by atoms with E-state index in [9.17, 15) is 4.79 Å². The topological polar surface area (TPSA) is 59.0 Å². The second kappa shape index (κ2) is 4.87. The lowest BCUT2D eigenvalue weighted by molar-refractivity contribution is -0.121. The monoisotopic (exact) mass is 236 g/mol. The summed E-state index contributed by atoms with van der Waals surface area (Å²) >= 11 is 0. The molecule has 17 heavy (non-hydrogen) atoms. The van der Waals surface area contributed by atoms with Crippen molar-refractivity contribution in [3.8, 4) is 0 Å². The Hall–Kier alpha value is -1.36. The molecule has 0 aromatic carbocycles. The summed E-state index contributed by atoms with van der Waals surface area (Å²) in [6, 6.07) is 0. The van der Waals surface area contributed by atoms with Gasteiger partial charge in [0.25, 0.3) is 0 Å². The van der Waals surface area contributed by atoms with Crippen molar-refractivity contribution in [1.29, 1.82) is 0 Å². The van der Waals surface area contributed by atoms with E-state index < -0.39 is 0 Å². The van der Waals surface area contributed by atoms with Crippen LogP contribution in [0.1, 0.15) is 37.0 Å². The smallest absolute Gasteiger partial charge is 0.239 e. The van der Waals surface area contributed by atoms with Gasteiger partial charge in [0.05, 0.1) is 5.69 Å². The van der Waals surface area contributed by atoms with Gasteiger partial charge in [-0.05, 0) is 0 Å². The Morgan fingerprint density at radius 2 is 2.35 bits per heavy atom. The minimum atomic E-state index is 0.0330. The van der Waals surface area contributed by atoms with Gasteiger partial charge >= 0.3 is 0 Å². The maximum atomic E-state index is 11.6. The van der Waals surface area contributed by atoms with E-state index in [-0.39, 0.29) is 5.91 Å². The van der Waals surface area contributed by atoms with Crippen LogP contribution in [0.2, 0.25) is 0 Å². The van der Waals surface area contributed by atoms with E-state index in [1.807, 2.05) is 0 Å². The molecular formula is C12H20N4O. The van der Waals surface area contributed by atoms with Crippen molar-refractivity contribution in [2.24, 2.45) is 0 Å². The molecule has 2 N–H and O–H groups in total. The SMILES string of the molecule is CNC(=O)Cn1c(C(C)C)nc2c1CCNC2. The number of carbonyl (C=O) groups is 1. The van der Waals surface area contributed by atoms with Crippen LogP contribution in [0, 0.1) is 0 Å². The lowest BCUT2D eigenvalue weighted by Crippen LogP contribution is -2.29. The van der Waals surface area contributed by atoms with Gasteiger partial charge in [-0.3, -0.25) is 4.79 Å². The molecule has 0 fully saturated rings. The first kappa shape index (κ1) is 12.1. The predicted molar refractivity (Wildman–Crippen MR) is 65.8 cm³/mol. The molecule has 1 aliphatic rings. The summed E-state index contributed by atoms with van der Waals surface area (Å²) < 4.78 is 2.08. The first-order chi connectivity index (χ1) is 8.13. The van der Waals surface area contributed by atoms with E-state index in [2.05, 4.69) is 34.0 Å². The molecule has 94 valence electrons. The van der Waals surface area contributed by atoms with Crippen LogP contribution in [0.3, 0.4) is 0 Å². The maximum absolute atomic E-state index is 11.6. The molecule has 0 saturated heterocycles. The molecule has 0 unspecified atom stereocenters. The van der Waals surface area contributed by atoms with Gasteiger partial charge in [-0.2, -0.15) is 0 Å². The van der Waals surface area contributed by atoms with Gasteiger partial charge in [0.2, 0.25) is 5.91 Å². The summed E-state index contributed by atoms with van der Waals surface area (Å²) in [5.41, 5.74) is 2.32. The highest BCUT2D eigenvalue weighted by Gasteiger charge is 2.22. The second-order valence-electron chi connectivity index (χ2n) is 4.70. The predicted octanol–water partition coefficient (Wildman–Crippen LogP) is 0.398. The highest BCUT2D eigenvalue weighted by atomic mass is 16.1. The molecule has 0 atom stereocenters. The van der Waals surface area contributed by atoms with Gasteiger partial charge in [0, 0.05) is 38.2 Å². The first-order valence-electron chi connectivity index (χ1n) is 6.13. The molecule has 5 heteroatoms. The van der Waals surface area contributed by atoms with Gasteiger partial charge in [-0.15, -0.1) is 0 Å². The third-order valence-electron chi connectivity index (χ3n) is 3.11. The summed E-state index contributed by atoms with van der Waals surface area (Å²) in [7, 11) is 1.67. The number of aromatic nitrogens is 2. The van der Waals surface area contributed by atoms with Gasteiger partial charge in [-0.25, -0.2) is 4.98 Å². The Labute approximate surface area is 102 Å². The zero-order valence-electron chi connectivity index (χ0n) is 10.7. The van der Waals surface area contributed by atoms with Crippen molar-refractivity contribution in [3.05, 3.63) is 17.2 Å². The van der Waals surface area contributed by atoms with E-state index in [4.69, 9.17) is 0 Å². The normalized spacial score (nSPS) is 14.8. The Balaban J connectivity index is 2.38. The number of carbonyl (C=O) groups excluding carboxylic acids is 1. The number of hydrogen-bond donors (Lipinski definition) is 2. The zero-order chi connectivity index (χ0) is 12.4. The molecule has 0 saturated carbocycles. The first-order valence-corrected chi connectivity index (χ1v) is 6.13. The van der Waals surface area contributed by atoms with Crippen molar-refractivity contribution >= 4 is 5.91 Å². The summed E-state index contributed by atoms with van der Waals surface area (Å²) in [4.78, 5) is 16.2. The van der Waals surface area contributed by atoms with Crippen molar-refractivity contribution < 1.29 is 4.79 Å². The van der Waals surface area contributed by atoms with Gasteiger partial charge in [0.15, 0.2) is 0 Å². The Bertz CT molecular complexity index is 422. The Kier molecular flexibility index (Phi) is 3.47. The number of amides is 1. The molecule has 1 aromatic rings. The molecule has 1 aromatic heterocycles. The summed E-state index contributed by atoms with van der Waals surface area (Å²) in [5, 5.41) is 5.98. The highest BCUT2D eigenvalue weighted by molar-refractivity contribution is 5.75. The van der Waals surface area contributed by atoms with E-state index >= 15 is 0 Å². The van der Waals surface area contributed by atoms with E-state index in [1.54, 1.807) is 7.05 Å². The molecule has 0 aliphatic carbocycles. The molecule has 1 amide bonds. The van der Waals surface area contributed by atoms with E-state index in [0.717, 1.165) is 31.0 Å². The van der Waals surface area contributed by atoms with Crippen LogP contribution in [0.4, 0.5) is 0 Å². The van der Waals surface area contributed by atoms with E-state index in [0.29, 0.717) is 12.5 Å².